The molecule has 1 aromatic rings. The third-order valence-corrected chi connectivity index (χ3v) is 3.63. The first-order chi connectivity index (χ1) is 11.1. The van der Waals surface area contributed by atoms with Gasteiger partial charge in [-0.15, -0.1) is 0 Å². The zero-order valence-corrected chi connectivity index (χ0v) is 14.3. The number of carbonyl (C=O) groups is 2. The predicted molar refractivity (Wildman–Crippen MR) is 90.4 cm³/mol. The molecule has 0 N–H and O–H groups in total. The summed E-state index contributed by atoms with van der Waals surface area (Å²) in [6.07, 6.45) is 6.92. The van der Waals surface area contributed by atoms with Crippen molar-refractivity contribution in [1.29, 1.82) is 0 Å². The van der Waals surface area contributed by atoms with Gasteiger partial charge in [-0.2, -0.15) is 0 Å². The number of esters is 2. The van der Waals surface area contributed by atoms with Crippen LogP contribution in [0.1, 0.15) is 63.9 Å². The Morgan fingerprint density at radius 2 is 1.43 bits per heavy atom. The molecular formula is C19H28O4. The molecule has 0 aliphatic carbocycles. The quantitative estimate of drug-likeness (QED) is 0.340. The van der Waals surface area contributed by atoms with Crippen molar-refractivity contribution < 1.29 is 19.1 Å². The van der Waals surface area contributed by atoms with E-state index in [1.165, 1.54) is 0 Å². The van der Waals surface area contributed by atoms with Crippen molar-refractivity contribution in [3.8, 4) is 5.75 Å². The molecule has 4 nitrogen and oxygen atoms in total. The number of carbonyl (C=O) groups excluding carboxylic acids is 2. The zero-order chi connectivity index (χ0) is 16.9. The number of hydrogen-bond acceptors (Lipinski definition) is 4. The van der Waals surface area contributed by atoms with E-state index in [-0.39, 0.29) is 11.9 Å². The molecule has 0 atom stereocenters. The van der Waals surface area contributed by atoms with Gasteiger partial charge in [0.05, 0.1) is 6.61 Å². The molecule has 4 heteroatoms. The molecule has 23 heavy (non-hydrogen) atoms. The van der Waals surface area contributed by atoms with Gasteiger partial charge in [0, 0.05) is 12.8 Å². The van der Waals surface area contributed by atoms with Crippen LogP contribution < -0.4 is 4.74 Å². The van der Waals surface area contributed by atoms with Gasteiger partial charge in [-0.3, -0.25) is 9.59 Å². The minimum atomic E-state index is -0.165. The summed E-state index contributed by atoms with van der Waals surface area (Å²) in [5.41, 5.74) is 0.974. The lowest BCUT2D eigenvalue weighted by molar-refractivity contribution is -0.143. The summed E-state index contributed by atoms with van der Waals surface area (Å²) in [7, 11) is 0. The van der Waals surface area contributed by atoms with E-state index in [0.717, 1.165) is 44.1 Å². The molecule has 0 saturated carbocycles. The Morgan fingerprint density at radius 3 is 2.04 bits per heavy atom. The van der Waals surface area contributed by atoms with Crippen LogP contribution >= 0.6 is 0 Å². The zero-order valence-electron chi connectivity index (χ0n) is 14.3. The number of aryl methyl sites for hydroxylation is 1. The Bertz CT molecular complexity index is 482. The summed E-state index contributed by atoms with van der Waals surface area (Å²) in [6, 6.07) is 7.54. The Balaban J connectivity index is 1.99. The number of unbranched alkanes of at least 4 members (excludes halogenated alkanes) is 5. The monoisotopic (exact) mass is 320 g/mol. The lowest BCUT2D eigenvalue weighted by Crippen LogP contribution is -2.08. The van der Waals surface area contributed by atoms with Crippen molar-refractivity contribution >= 4 is 11.9 Å². The lowest BCUT2D eigenvalue weighted by atomic mass is 10.1. The van der Waals surface area contributed by atoms with Crippen molar-refractivity contribution in [2.24, 2.45) is 0 Å². The molecule has 1 aromatic carbocycles. The number of ether oxygens (including phenoxy) is 2. The standard InChI is InChI=1S/C19H28O4/c1-3-22-18(20)14-8-6-4-5-7-9-15-19(21)23-17-13-11-10-12-16(17)2/h10-13H,3-9,14-15H2,1-2H3. The van der Waals surface area contributed by atoms with E-state index >= 15 is 0 Å². The summed E-state index contributed by atoms with van der Waals surface area (Å²) in [5, 5.41) is 0. The van der Waals surface area contributed by atoms with Crippen LogP contribution in [0, 0.1) is 6.92 Å². The van der Waals surface area contributed by atoms with E-state index in [2.05, 4.69) is 0 Å². The first-order valence-electron chi connectivity index (χ1n) is 8.55. The third kappa shape index (κ3) is 9.01. The van der Waals surface area contributed by atoms with E-state index in [1.807, 2.05) is 38.1 Å². The molecular weight excluding hydrogens is 292 g/mol. The van der Waals surface area contributed by atoms with Crippen LogP contribution in [0.15, 0.2) is 24.3 Å². The van der Waals surface area contributed by atoms with Crippen molar-refractivity contribution in [2.45, 2.75) is 65.2 Å². The molecule has 0 unspecified atom stereocenters. The van der Waals surface area contributed by atoms with Gasteiger partial charge in [0.25, 0.3) is 0 Å². The molecule has 0 aromatic heterocycles. The van der Waals surface area contributed by atoms with E-state index in [9.17, 15) is 9.59 Å². The second kappa shape index (κ2) is 11.7. The summed E-state index contributed by atoms with van der Waals surface area (Å²) in [4.78, 5) is 22.9. The largest absolute Gasteiger partial charge is 0.466 e. The maximum Gasteiger partial charge on any atom is 0.311 e. The van der Waals surface area contributed by atoms with Crippen molar-refractivity contribution in [2.75, 3.05) is 6.61 Å². The van der Waals surface area contributed by atoms with Gasteiger partial charge in [-0.05, 0) is 38.3 Å². The maximum absolute atomic E-state index is 11.8. The summed E-state index contributed by atoms with van der Waals surface area (Å²) in [5.74, 6) is 0.379. The van der Waals surface area contributed by atoms with Crippen molar-refractivity contribution in [3.05, 3.63) is 29.8 Å². The Morgan fingerprint density at radius 1 is 0.870 bits per heavy atom. The molecule has 0 fully saturated rings. The lowest BCUT2D eigenvalue weighted by Gasteiger charge is -2.07. The van der Waals surface area contributed by atoms with E-state index in [4.69, 9.17) is 9.47 Å². The Kier molecular flexibility index (Phi) is 9.76. The summed E-state index contributed by atoms with van der Waals surface area (Å²) in [6.45, 7) is 4.21. The minimum Gasteiger partial charge on any atom is -0.466 e. The van der Waals surface area contributed by atoms with Crippen molar-refractivity contribution in [1.82, 2.24) is 0 Å². The smallest absolute Gasteiger partial charge is 0.311 e. The fourth-order valence-electron chi connectivity index (χ4n) is 2.32. The van der Waals surface area contributed by atoms with Gasteiger partial charge in [0.2, 0.25) is 0 Å². The molecule has 0 amide bonds. The molecule has 0 radical (unpaired) electrons. The third-order valence-electron chi connectivity index (χ3n) is 3.63. The van der Waals surface area contributed by atoms with Crippen LogP contribution in [0.25, 0.3) is 0 Å². The fourth-order valence-corrected chi connectivity index (χ4v) is 2.32. The maximum atomic E-state index is 11.8. The molecule has 0 bridgehead atoms. The Labute approximate surface area is 139 Å². The summed E-state index contributed by atoms with van der Waals surface area (Å²) >= 11 is 0. The summed E-state index contributed by atoms with van der Waals surface area (Å²) < 4.78 is 10.2. The molecule has 128 valence electrons. The molecule has 0 heterocycles. The van der Waals surface area contributed by atoms with Crippen molar-refractivity contribution in [3.63, 3.8) is 0 Å². The fraction of sp³-hybridized carbons (Fsp3) is 0.579. The molecule has 0 aliphatic rings. The second-order valence-electron chi connectivity index (χ2n) is 5.67. The predicted octanol–water partition coefficient (Wildman–Crippen LogP) is 4.58. The first kappa shape index (κ1) is 19.2. The van der Waals surface area contributed by atoms with Gasteiger partial charge in [-0.1, -0.05) is 43.9 Å². The minimum absolute atomic E-state index is 0.105. The molecule has 0 spiro atoms. The van der Waals surface area contributed by atoms with E-state index < -0.39 is 0 Å². The van der Waals surface area contributed by atoms with Crippen LogP contribution in [0.4, 0.5) is 0 Å². The van der Waals surface area contributed by atoms with Crippen LogP contribution in [0.3, 0.4) is 0 Å². The van der Waals surface area contributed by atoms with Crippen LogP contribution in [0.5, 0.6) is 5.75 Å². The normalized spacial score (nSPS) is 10.3. The van der Waals surface area contributed by atoms with Crippen LogP contribution in [0.2, 0.25) is 0 Å². The highest BCUT2D eigenvalue weighted by Gasteiger charge is 2.06. The number of benzene rings is 1. The van der Waals surface area contributed by atoms with Crippen LogP contribution in [-0.4, -0.2) is 18.5 Å². The SMILES string of the molecule is CCOC(=O)CCCCCCCCC(=O)Oc1ccccc1C. The second-order valence-corrected chi connectivity index (χ2v) is 5.67. The highest BCUT2D eigenvalue weighted by atomic mass is 16.5. The van der Waals surface area contributed by atoms with E-state index in [0.29, 0.717) is 25.2 Å². The highest BCUT2D eigenvalue weighted by Crippen LogP contribution is 2.17. The Hall–Kier alpha value is -1.84. The average molecular weight is 320 g/mol. The number of hydrogen-bond donors (Lipinski definition) is 0. The first-order valence-corrected chi connectivity index (χ1v) is 8.55. The van der Waals surface area contributed by atoms with Gasteiger partial charge >= 0.3 is 11.9 Å². The van der Waals surface area contributed by atoms with Gasteiger partial charge < -0.3 is 9.47 Å². The van der Waals surface area contributed by atoms with Gasteiger partial charge in [0.1, 0.15) is 5.75 Å². The van der Waals surface area contributed by atoms with Gasteiger partial charge in [0.15, 0.2) is 0 Å². The molecule has 1 rings (SSSR count). The number of para-hydroxylation sites is 1. The van der Waals surface area contributed by atoms with E-state index in [1.54, 1.807) is 0 Å². The van der Waals surface area contributed by atoms with Crippen LogP contribution in [-0.2, 0) is 14.3 Å². The molecule has 0 aliphatic heterocycles. The average Bonchev–Trinajstić information content (AvgIpc) is 2.52. The molecule has 0 saturated heterocycles. The highest BCUT2D eigenvalue weighted by molar-refractivity contribution is 5.72. The van der Waals surface area contributed by atoms with Gasteiger partial charge in [-0.25, -0.2) is 0 Å². The topological polar surface area (TPSA) is 52.6 Å². The number of rotatable bonds is 11.